The molecule has 3 heteroatoms. The summed E-state index contributed by atoms with van der Waals surface area (Å²) in [6.45, 7) is 3.24. The molecule has 0 saturated heterocycles. The van der Waals surface area contributed by atoms with Gasteiger partial charge in [0, 0.05) is 12.1 Å². The number of aliphatic hydroxyl groups is 1. The van der Waals surface area contributed by atoms with Gasteiger partial charge in [0.25, 0.3) is 0 Å². The van der Waals surface area contributed by atoms with Crippen molar-refractivity contribution >= 4 is 0 Å². The van der Waals surface area contributed by atoms with E-state index in [0.717, 1.165) is 38.2 Å². The summed E-state index contributed by atoms with van der Waals surface area (Å²) in [4.78, 5) is 0. The predicted molar refractivity (Wildman–Crippen MR) is 78.0 cm³/mol. The molecule has 3 N–H and O–H groups in total. The van der Waals surface area contributed by atoms with Gasteiger partial charge in [-0.3, -0.25) is 0 Å². The number of rotatable bonds is 6. The van der Waals surface area contributed by atoms with Crippen LogP contribution >= 0.6 is 0 Å². The van der Waals surface area contributed by atoms with Crippen molar-refractivity contribution in [2.45, 2.75) is 76.4 Å². The van der Waals surface area contributed by atoms with E-state index in [1.54, 1.807) is 0 Å². The van der Waals surface area contributed by atoms with Crippen molar-refractivity contribution in [2.75, 3.05) is 13.2 Å². The fraction of sp³-hybridized carbons (Fsp3) is 1.00. The molecule has 0 aliphatic heterocycles. The molecule has 0 aromatic rings. The Hall–Kier alpha value is -0.120. The Morgan fingerprint density at radius 2 is 2.11 bits per heavy atom. The van der Waals surface area contributed by atoms with Gasteiger partial charge in [-0.25, -0.2) is 0 Å². The van der Waals surface area contributed by atoms with Crippen LogP contribution in [0.25, 0.3) is 0 Å². The molecule has 2 aliphatic carbocycles. The van der Waals surface area contributed by atoms with Crippen LogP contribution in [0.5, 0.6) is 0 Å². The summed E-state index contributed by atoms with van der Waals surface area (Å²) < 4.78 is 6.08. The van der Waals surface area contributed by atoms with Crippen LogP contribution in [-0.4, -0.2) is 30.0 Å². The van der Waals surface area contributed by atoms with E-state index in [2.05, 4.69) is 6.92 Å². The first-order valence-corrected chi connectivity index (χ1v) is 8.19. The van der Waals surface area contributed by atoms with Crippen LogP contribution in [0.2, 0.25) is 0 Å². The van der Waals surface area contributed by atoms with Crippen molar-refractivity contribution in [1.29, 1.82) is 0 Å². The SMILES string of the molecule is CCC1CCCC(OCCC2CCCC2(N)CO)C1. The molecule has 3 nitrogen and oxygen atoms in total. The van der Waals surface area contributed by atoms with Gasteiger partial charge in [0.2, 0.25) is 0 Å². The largest absolute Gasteiger partial charge is 0.394 e. The number of aliphatic hydroxyl groups excluding tert-OH is 1. The molecule has 0 aromatic heterocycles. The molecule has 19 heavy (non-hydrogen) atoms. The van der Waals surface area contributed by atoms with Gasteiger partial charge in [-0.05, 0) is 43.9 Å². The number of hydrogen-bond acceptors (Lipinski definition) is 3. The lowest BCUT2D eigenvalue weighted by Crippen LogP contribution is -2.47. The maximum Gasteiger partial charge on any atom is 0.0613 e. The van der Waals surface area contributed by atoms with Gasteiger partial charge in [0.1, 0.15) is 0 Å². The average Bonchev–Trinajstić information content (AvgIpc) is 2.81. The number of nitrogens with two attached hydrogens (primary N) is 1. The second-order valence-corrected chi connectivity index (χ2v) is 6.70. The lowest BCUT2D eigenvalue weighted by molar-refractivity contribution is 0.00142. The minimum atomic E-state index is -0.331. The Kier molecular flexibility index (Phi) is 5.67. The lowest BCUT2D eigenvalue weighted by Gasteiger charge is -2.31. The second-order valence-electron chi connectivity index (χ2n) is 6.70. The molecule has 4 unspecified atom stereocenters. The molecule has 0 amide bonds. The van der Waals surface area contributed by atoms with Crippen molar-refractivity contribution in [2.24, 2.45) is 17.6 Å². The zero-order chi connectivity index (χ0) is 13.7. The zero-order valence-corrected chi connectivity index (χ0v) is 12.4. The lowest BCUT2D eigenvalue weighted by atomic mass is 9.85. The summed E-state index contributed by atoms with van der Waals surface area (Å²) in [5.41, 5.74) is 5.93. The minimum absolute atomic E-state index is 0.124. The maximum absolute atomic E-state index is 9.44. The van der Waals surface area contributed by atoms with E-state index in [4.69, 9.17) is 10.5 Å². The second kappa shape index (κ2) is 7.05. The van der Waals surface area contributed by atoms with E-state index in [9.17, 15) is 5.11 Å². The highest BCUT2D eigenvalue weighted by Gasteiger charge is 2.38. The van der Waals surface area contributed by atoms with Crippen LogP contribution < -0.4 is 5.73 Å². The van der Waals surface area contributed by atoms with Gasteiger partial charge >= 0.3 is 0 Å². The van der Waals surface area contributed by atoms with E-state index in [1.165, 1.54) is 32.1 Å². The first kappa shape index (κ1) is 15.3. The minimum Gasteiger partial charge on any atom is -0.394 e. The van der Waals surface area contributed by atoms with Crippen LogP contribution in [0.15, 0.2) is 0 Å². The van der Waals surface area contributed by atoms with Crippen molar-refractivity contribution in [1.82, 2.24) is 0 Å². The Morgan fingerprint density at radius 1 is 1.26 bits per heavy atom. The summed E-state index contributed by atoms with van der Waals surface area (Å²) in [5.74, 6) is 1.32. The van der Waals surface area contributed by atoms with Gasteiger partial charge in [0.05, 0.1) is 12.7 Å². The predicted octanol–water partition coefficient (Wildman–Crippen LogP) is 2.85. The maximum atomic E-state index is 9.44. The number of hydrogen-bond donors (Lipinski definition) is 2. The number of ether oxygens (including phenoxy) is 1. The van der Waals surface area contributed by atoms with Crippen molar-refractivity contribution < 1.29 is 9.84 Å². The molecule has 4 atom stereocenters. The summed E-state index contributed by atoms with van der Waals surface area (Å²) in [5, 5.41) is 9.44. The summed E-state index contributed by atoms with van der Waals surface area (Å²) in [7, 11) is 0. The summed E-state index contributed by atoms with van der Waals surface area (Å²) in [6.07, 6.45) is 11.2. The van der Waals surface area contributed by atoms with Crippen LogP contribution in [0, 0.1) is 11.8 Å². The fourth-order valence-corrected chi connectivity index (χ4v) is 3.95. The molecule has 0 aromatic carbocycles. The Bertz CT molecular complexity index is 271. The van der Waals surface area contributed by atoms with Gasteiger partial charge in [-0.1, -0.05) is 32.6 Å². The quantitative estimate of drug-likeness (QED) is 0.779. The van der Waals surface area contributed by atoms with Gasteiger partial charge in [-0.15, -0.1) is 0 Å². The monoisotopic (exact) mass is 269 g/mol. The standard InChI is InChI=1S/C16H31NO2/c1-2-13-5-3-7-15(11-13)19-10-8-14-6-4-9-16(14,17)12-18/h13-15,18H,2-12,17H2,1H3. The Balaban J connectivity index is 1.68. The van der Waals surface area contributed by atoms with E-state index in [1.807, 2.05) is 0 Å². The average molecular weight is 269 g/mol. The van der Waals surface area contributed by atoms with E-state index in [0.29, 0.717) is 12.0 Å². The zero-order valence-electron chi connectivity index (χ0n) is 12.4. The van der Waals surface area contributed by atoms with Crippen molar-refractivity contribution in [3.63, 3.8) is 0 Å². The molecule has 0 radical (unpaired) electrons. The molecule has 0 spiro atoms. The molecule has 2 aliphatic rings. The van der Waals surface area contributed by atoms with Crippen molar-refractivity contribution in [3.8, 4) is 0 Å². The van der Waals surface area contributed by atoms with Crippen molar-refractivity contribution in [3.05, 3.63) is 0 Å². The van der Waals surface area contributed by atoms with Gasteiger partial charge in [0.15, 0.2) is 0 Å². The van der Waals surface area contributed by atoms with Crippen LogP contribution in [0.4, 0.5) is 0 Å². The summed E-state index contributed by atoms with van der Waals surface area (Å²) >= 11 is 0. The highest BCUT2D eigenvalue weighted by Crippen LogP contribution is 2.36. The molecular weight excluding hydrogens is 238 g/mol. The van der Waals surface area contributed by atoms with E-state index in [-0.39, 0.29) is 12.1 Å². The Morgan fingerprint density at radius 3 is 2.84 bits per heavy atom. The third-order valence-corrected chi connectivity index (χ3v) is 5.43. The van der Waals surface area contributed by atoms with E-state index < -0.39 is 0 Å². The first-order chi connectivity index (χ1) is 9.18. The normalized spacial score (nSPS) is 39.6. The molecule has 0 heterocycles. The molecule has 112 valence electrons. The summed E-state index contributed by atoms with van der Waals surface area (Å²) in [6, 6.07) is 0. The molecule has 0 bridgehead atoms. The fourth-order valence-electron chi connectivity index (χ4n) is 3.95. The molecule has 2 fully saturated rings. The van der Waals surface area contributed by atoms with Crippen LogP contribution in [-0.2, 0) is 4.74 Å². The van der Waals surface area contributed by atoms with Gasteiger partial charge in [-0.2, -0.15) is 0 Å². The third-order valence-electron chi connectivity index (χ3n) is 5.43. The molecule has 2 rings (SSSR count). The van der Waals surface area contributed by atoms with E-state index >= 15 is 0 Å². The smallest absolute Gasteiger partial charge is 0.0613 e. The van der Waals surface area contributed by atoms with Crippen LogP contribution in [0.1, 0.15) is 64.7 Å². The first-order valence-electron chi connectivity index (χ1n) is 8.19. The topological polar surface area (TPSA) is 55.5 Å². The highest BCUT2D eigenvalue weighted by atomic mass is 16.5. The van der Waals surface area contributed by atoms with Crippen LogP contribution in [0.3, 0.4) is 0 Å². The third kappa shape index (κ3) is 3.93. The Labute approximate surface area is 117 Å². The highest BCUT2D eigenvalue weighted by molar-refractivity contribution is 4.95. The molecule has 2 saturated carbocycles. The van der Waals surface area contributed by atoms with Gasteiger partial charge < -0.3 is 15.6 Å². The molecular formula is C16H31NO2.